The van der Waals surface area contributed by atoms with E-state index in [1.807, 2.05) is 0 Å². The summed E-state index contributed by atoms with van der Waals surface area (Å²) < 4.78 is 83.5. The van der Waals surface area contributed by atoms with Crippen LogP contribution in [0, 0.1) is 17.5 Å². The van der Waals surface area contributed by atoms with Gasteiger partial charge >= 0.3 is 6.18 Å². The molecule has 0 atom stereocenters. The minimum Gasteiger partial charge on any atom is -0.451 e. The molecule has 134 valence electrons. The van der Waals surface area contributed by atoms with Crippen LogP contribution in [0.1, 0.15) is 5.56 Å². The van der Waals surface area contributed by atoms with Gasteiger partial charge in [0.1, 0.15) is 17.3 Å². The lowest BCUT2D eigenvalue weighted by Crippen LogP contribution is -2.12. The van der Waals surface area contributed by atoms with Crippen molar-refractivity contribution in [2.24, 2.45) is 10.7 Å². The Balaban J connectivity index is 2.33. The molecule has 3 nitrogen and oxygen atoms in total. The number of nitrogens with zero attached hydrogens (tertiary/aromatic N) is 1. The van der Waals surface area contributed by atoms with Gasteiger partial charge in [0, 0.05) is 6.07 Å². The first-order valence-electron chi connectivity index (χ1n) is 6.54. The van der Waals surface area contributed by atoms with Gasteiger partial charge in [-0.25, -0.2) is 18.2 Å². The van der Waals surface area contributed by atoms with Gasteiger partial charge in [0.05, 0.1) is 11.4 Å². The van der Waals surface area contributed by atoms with Crippen molar-refractivity contribution in [1.29, 1.82) is 0 Å². The smallest absolute Gasteiger partial charge is 0.416 e. The standard InChI is InChI=1S/C15H9ClF6N2O/c16-6-13(23)24-12-2-1-8(5-9(12)17)25-14-10(18)3-7(4-11(14)19)15(20,21)22/h1-5H,6H2,(H2,23,24). The monoisotopic (exact) mass is 382 g/mol. The predicted octanol–water partition coefficient (Wildman–Crippen LogP) is 5.14. The summed E-state index contributed by atoms with van der Waals surface area (Å²) in [4.78, 5) is 3.66. The molecular formula is C15H9ClF6N2O. The van der Waals surface area contributed by atoms with Gasteiger partial charge in [-0.3, -0.25) is 0 Å². The number of hydrogen-bond acceptors (Lipinski definition) is 2. The molecule has 0 saturated carbocycles. The first kappa shape index (κ1) is 18.9. The van der Waals surface area contributed by atoms with Crippen molar-refractivity contribution in [2.45, 2.75) is 6.18 Å². The Labute approximate surface area is 142 Å². The number of benzene rings is 2. The number of nitrogens with two attached hydrogens (primary N) is 1. The van der Waals surface area contributed by atoms with Crippen LogP contribution < -0.4 is 10.5 Å². The number of halogens is 7. The van der Waals surface area contributed by atoms with E-state index in [0.717, 1.165) is 18.2 Å². The summed E-state index contributed by atoms with van der Waals surface area (Å²) in [5, 5.41) is 0. The molecule has 0 aromatic heterocycles. The van der Waals surface area contributed by atoms with Gasteiger partial charge in [0.2, 0.25) is 0 Å². The van der Waals surface area contributed by atoms with Crippen LogP contribution in [-0.2, 0) is 6.18 Å². The van der Waals surface area contributed by atoms with E-state index in [-0.39, 0.29) is 35.3 Å². The SMILES string of the molecule is NC(CCl)=Nc1ccc(Oc2c(F)cc(C(F)(F)F)cc2F)cc1F. The molecule has 0 aliphatic carbocycles. The molecule has 0 aliphatic rings. The van der Waals surface area contributed by atoms with E-state index >= 15 is 0 Å². The number of rotatable bonds is 4. The average Bonchev–Trinajstić information content (AvgIpc) is 2.52. The van der Waals surface area contributed by atoms with Crippen LogP contribution in [-0.4, -0.2) is 11.7 Å². The molecule has 0 amide bonds. The van der Waals surface area contributed by atoms with E-state index in [9.17, 15) is 26.3 Å². The summed E-state index contributed by atoms with van der Waals surface area (Å²) in [6, 6.07) is 3.12. The molecule has 2 aromatic carbocycles. The van der Waals surface area contributed by atoms with Crippen molar-refractivity contribution in [3.05, 3.63) is 53.3 Å². The number of aliphatic imine (C=N–C) groups is 1. The van der Waals surface area contributed by atoms with Crippen LogP contribution in [0.5, 0.6) is 11.5 Å². The molecule has 0 unspecified atom stereocenters. The molecule has 0 spiro atoms. The molecule has 0 bridgehead atoms. The van der Waals surface area contributed by atoms with E-state index in [0.29, 0.717) is 0 Å². The highest BCUT2D eigenvalue weighted by molar-refractivity contribution is 6.28. The van der Waals surface area contributed by atoms with E-state index < -0.39 is 34.9 Å². The molecule has 0 heterocycles. The Morgan fingerprint density at radius 2 is 1.64 bits per heavy atom. The summed E-state index contributed by atoms with van der Waals surface area (Å²) in [5.74, 6) is -5.74. The lowest BCUT2D eigenvalue weighted by Gasteiger charge is -2.12. The van der Waals surface area contributed by atoms with Crippen LogP contribution in [0.2, 0.25) is 0 Å². The van der Waals surface area contributed by atoms with Gasteiger partial charge in [-0.1, -0.05) is 0 Å². The maximum absolute atomic E-state index is 13.8. The van der Waals surface area contributed by atoms with Crippen LogP contribution >= 0.6 is 11.6 Å². The number of hydrogen-bond donors (Lipinski definition) is 1. The topological polar surface area (TPSA) is 47.6 Å². The van der Waals surface area contributed by atoms with E-state index in [1.165, 1.54) is 0 Å². The fraction of sp³-hybridized carbons (Fsp3) is 0.133. The second-order valence-electron chi connectivity index (χ2n) is 4.72. The number of ether oxygens (including phenoxy) is 1. The zero-order valence-corrected chi connectivity index (χ0v) is 12.9. The highest BCUT2D eigenvalue weighted by atomic mass is 35.5. The van der Waals surface area contributed by atoms with Gasteiger partial charge in [0.25, 0.3) is 0 Å². The van der Waals surface area contributed by atoms with Crippen molar-refractivity contribution in [1.82, 2.24) is 0 Å². The maximum Gasteiger partial charge on any atom is 0.416 e. The second-order valence-corrected chi connectivity index (χ2v) is 4.99. The van der Waals surface area contributed by atoms with Crippen LogP contribution in [0.4, 0.5) is 32.0 Å². The summed E-state index contributed by atoms with van der Waals surface area (Å²) in [6.45, 7) is 0. The van der Waals surface area contributed by atoms with Crippen molar-refractivity contribution in [2.75, 3.05) is 5.88 Å². The van der Waals surface area contributed by atoms with Crippen molar-refractivity contribution in [3.63, 3.8) is 0 Å². The zero-order chi connectivity index (χ0) is 18.8. The van der Waals surface area contributed by atoms with E-state index in [4.69, 9.17) is 22.1 Å². The van der Waals surface area contributed by atoms with Gasteiger partial charge in [-0.15, -0.1) is 11.6 Å². The Kier molecular flexibility index (Phi) is 5.46. The number of alkyl halides is 4. The van der Waals surface area contributed by atoms with E-state index in [2.05, 4.69) is 4.99 Å². The van der Waals surface area contributed by atoms with Crippen molar-refractivity contribution in [3.8, 4) is 11.5 Å². The van der Waals surface area contributed by atoms with Gasteiger partial charge in [-0.2, -0.15) is 13.2 Å². The maximum atomic E-state index is 13.8. The van der Waals surface area contributed by atoms with Gasteiger partial charge in [-0.05, 0) is 24.3 Å². The first-order valence-corrected chi connectivity index (χ1v) is 7.08. The normalized spacial score (nSPS) is 12.4. The molecule has 2 rings (SSSR count). The van der Waals surface area contributed by atoms with Crippen molar-refractivity contribution < 1.29 is 31.1 Å². The third-order valence-corrected chi connectivity index (χ3v) is 3.14. The molecular weight excluding hydrogens is 374 g/mol. The Hall–Kier alpha value is -2.42. The van der Waals surface area contributed by atoms with Crippen LogP contribution in [0.25, 0.3) is 0 Å². The molecule has 0 fully saturated rings. The lowest BCUT2D eigenvalue weighted by atomic mass is 10.2. The largest absolute Gasteiger partial charge is 0.451 e. The van der Waals surface area contributed by atoms with Crippen LogP contribution in [0.15, 0.2) is 35.3 Å². The summed E-state index contributed by atoms with van der Waals surface area (Å²) in [5.41, 5.74) is 3.65. The third-order valence-electron chi connectivity index (χ3n) is 2.87. The molecule has 2 aromatic rings. The average molecular weight is 383 g/mol. The predicted molar refractivity (Wildman–Crippen MR) is 79.8 cm³/mol. The molecule has 25 heavy (non-hydrogen) atoms. The Bertz CT molecular complexity index is 799. The minimum absolute atomic E-state index is 0.0611. The molecule has 10 heteroatoms. The highest BCUT2D eigenvalue weighted by Crippen LogP contribution is 2.36. The zero-order valence-electron chi connectivity index (χ0n) is 12.2. The van der Waals surface area contributed by atoms with E-state index in [1.54, 1.807) is 0 Å². The Morgan fingerprint density at radius 3 is 2.12 bits per heavy atom. The fourth-order valence-electron chi connectivity index (χ4n) is 1.77. The summed E-state index contributed by atoms with van der Waals surface area (Å²) >= 11 is 5.41. The van der Waals surface area contributed by atoms with Crippen LogP contribution in [0.3, 0.4) is 0 Å². The molecule has 0 aliphatic heterocycles. The molecule has 0 saturated heterocycles. The first-order chi connectivity index (χ1) is 11.6. The highest BCUT2D eigenvalue weighted by Gasteiger charge is 2.33. The minimum atomic E-state index is -4.92. The third kappa shape index (κ3) is 4.56. The molecule has 2 N–H and O–H groups in total. The number of amidine groups is 1. The second kappa shape index (κ2) is 7.22. The van der Waals surface area contributed by atoms with Gasteiger partial charge in [0.15, 0.2) is 23.2 Å². The summed E-state index contributed by atoms with van der Waals surface area (Å²) in [7, 11) is 0. The van der Waals surface area contributed by atoms with Gasteiger partial charge < -0.3 is 10.5 Å². The lowest BCUT2D eigenvalue weighted by molar-refractivity contribution is -0.138. The quantitative estimate of drug-likeness (QED) is 0.344. The summed E-state index contributed by atoms with van der Waals surface area (Å²) in [6.07, 6.45) is -4.92. The Morgan fingerprint density at radius 1 is 1.04 bits per heavy atom. The van der Waals surface area contributed by atoms with Crippen molar-refractivity contribution >= 4 is 23.1 Å². The molecule has 0 radical (unpaired) electrons. The fourth-order valence-corrected chi connectivity index (χ4v) is 1.83.